The van der Waals surface area contributed by atoms with E-state index in [0.29, 0.717) is 18.8 Å². The van der Waals surface area contributed by atoms with Crippen LogP contribution in [0.2, 0.25) is 0 Å². The number of rotatable bonds is 6. The summed E-state index contributed by atoms with van der Waals surface area (Å²) in [6, 6.07) is -0.0330. The van der Waals surface area contributed by atoms with Crippen LogP contribution in [0.25, 0.3) is 0 Å². The maximum absolute atomic E-state index is 13.5. The Labute approximate surface area is 279 Å². The molecule has 46 heavy (non-hydrogen) atoms. The van der Waals surface area contributed by atoms with Crippen LogP contribution in [-0.4, -0.2) is 85.5 Å². The number of hydrogen-bond donors (Lipinski definition) is 0. The summed E-state index contributed by atoms with van der Waals surface area (Å²) in [5, 5.41) is 0. The van der Waals surface area contributed by atoms with Crippen molar-refractivity contribution in [2.45, 2.75) is 188 Å². The van der Waals surface area contributed by atoms with Gasteiger partial charge in [-0.15, -0.1) is 0 Å². The van der Waals surface area contributed by atoms with Crippen molar-refractivity contribution in [3.63, 3.8) is 0 Å². The molecular weight excluding hydrogens is 582 g/mol. The Bertz CT molecular complexity index is 1140. The number of carbonyl (C=O) groups is 3. The molecule has 3 unspecified atom stereocenters. The second kappa shape index (κ2) is 14.2. The van der Waals surface area contributed by atoms with E-state index in [-0.39, 0.29) is 54.0 Å². The highest BCUT2D eigenvalue weighted by Gasteiger charge is 2.44. The minimum Gasteiger partial charge on any atom is -0.444 e. The van der Waals surface area contributed by atoms with Gasteiger partial charge in [-0.2, -0.15) is 0 Å². The second-order valence-corrected chi connectivity index (χ2v) is 17.3. The highest BCUT2D eigenvalue weighted by atomic mass is 16.6. The molecule has 0 saturated carbocycles. The zero-order valence-electron chi connectivity index (χ0n) is 31.0. The van der Waals surface area contributed by atoms with E-state index in [4.69, 9.17) is 14.2 Å². The molecule has 0 aliphatic carbocycles. The summed E-state index contributed by atoms with van der Waals surface area (Å²) in [5.41, 5.74) is -2.00. The lowest BCUT2D eigenvalue weighted by Gasteiger charge is -2.37. The van der Waals surface area contributed by atoms with Gasteiger partial charge in [0.25, 0.3) is 0 Å². The molecule has 0 aromatic carbocycles. The Morgan fingerprint density at radius 1 is 0.674 bits per heavy atom. The first-order chi connectivity index (χ1) is 21.0. The van der Waals surface area contributed by atoms with E-state index in [0.717, 1.165) is 32.1 Å². The van der Waals surface area contributed by atoms with Gasteiger partial charge in [-0.1, -0.05) is 31.2 Å². The molecule has 0 spiro atoms. The van der Waals surface area contributed by atoms with E-state index in [1.165, 1.54) is 0 Å². The molecule has 0 bridgehead atoms. The quantitative estimate of drug-likeness (QED) is 0.212. The normalized spacial score (nSPS) is 28.8. The van der Waals surface area contributed by atoms with Crippen molar-refractivity contribution < 1.29 is 28.6 Å². The third-order valence-electron chi connectivity index (χ3n) is 9.22. The van der Waals surface area contributed by atoms with Gasteiger partial charge < -0.3 is 14.2 Å². The summed E-state index contributed by atoms with van der Waals surface area (Å²) in [4.78, 5) is 45.4. The highest BCUT2D eigenvalue weighted by molar-refractivity contribution is 5.71. The molecule has 9 nitrogen and oxygen atoms in total. The topological polar surface area (TPSA) is 88.6 Å². The van der Waals surface area contributed by atoms with Crippen LogP contribution in [0.15, 0.2) is 24.3 Å². The number of carbonyl (C=O) groups excluding carboxylic acids is 3. The highest BCUT2D eigenvalue weighted by Crippen LogP contribution is 2.37. The first-order valence-electron chi connectivity index (χ1n) is 17.4. The first-order valence-corrected chi connectivity index (χ1v) is 17.4. The number of ether oxygens (including phenoxy) is 3. The third kappa shape index (κ3) is 10.1. The molecule has 3 saturated heterocycles. The average Bonchev–Trinajstić information content (AvgIpc) is 3.48. The largest absolute Gasteiger partial charge is 0.444 e. The predicted octanol–water partition coefficient (Wildman–Crippen LogP) is 8.86. The molecule has 0 aromatic rings. The van der Waals surface area contributed by atoms with Crippen molar-refractivity contribution in [1.29, 1.82) is 0 Å². The number of nitrogens with zero attached hydrogens (tertiary/aromatic N) is 3. The van der Waals surface area contributed by atoms with Crippen molar-refractivity contribution in [2.24, 2.45) is 5.92 Å². The van der Waals surface area contributed by atoms with Crippen molar-refractivity contribution in [3.05, 3.63) is 24.3 Å². The zero-order valence-corrected chi connectivity index (χ0v) is 31.0. The van der Waals surface area contributed by atoms with E-state index in [1.54, 1.807) is 0 Å². The number of likely N-dealkylation sites (tertiary alicyclic amines) is 3. The maximum atomic E-state index is 13.5. The minimum absolute atomic E-state index is 0.0179. The fraction of sp³-hybridized carbons (Fsp3) is 0.811. The van der Waals surface area contributed by atoms with Crippen molar-refractivity contribution >= 4 is 18.3 Å². The molecule has 3 rings (SSSR count). The van der Waals surface area contributed by atoms with Gasteiger partial charge >= 0.3 is 18.3 Å². The SMILES string of the molecule is C[C@H]1CC(/C=C/C[C@H]2CCC(/C=C/CC3CCC(C)(C)N3C(=O)OC(C)(C)C)N2C(=O)OC(C)(C)C)N(C(=O)OC(C)(C)C)[C@H]1C. The van der Waals surface area contributed by atoms with Gasteiger partial charge in [0.1, 0.15) is 16.8 Å². The lowest BCUT2D eigenvalue weighted by molar-refractivity contribution is 0.00398. The zero-order chi connectivity index (χ0) is 34.8. The molecule has 0 radical (unpaired) electrons. The van der Waals surface area contributed by atoms with E-state index in [9.17, 15) is 14.4 Å². The molecule has 9 heteroatoms. The van der Waals surface area contributed by atoms with Gasteiger partial charge in [0.2, 0.25) is 0 Å². The van der Waals surface area contributed by atoms with Crippen molar-refractivity contribution in [1.82, 2.24) is 14.7 Å². The van der Waals surface area contributed by atoms with E-state index < -0.39 is 16.8 Å². The van der Waals surface area contributed by atoms with E-state index in [1.807, 2.05) is 77.0 Å². The lowest BCUT2D eigenvalue weighted by Crippen LogP contribution is -2.49. The molecule has 3 amide bonds. The van der Waals surface area contributed by atoms with Crippen LogP contribution in [0.3, 0.4) is 0 Å². The second-order valence-electron chi connectivity index (χ2n) is 17.3. The molecule has 3 heterocycles. The Kier molecular flexibility index (Phi) is 11.6. The van der Waals surface area contributed by atoms with E-state index in [2.05, 4.69) is 52.0 Å². The summed E-state index contributed by atoms with van der Waals surface area (Å²) in [5.74, 6) is 0.359. The number of amides is 3. The van der Waals surface area contributed by atoms with Crippen LogP contribution in [0, 0.1) is 5.92 Å². The lowest BCUT2D eigenvalue weighted by atomic mass is 10.0. The van der Waals surface area contributed by atoms with Crippen molar-refractivity contribution in [2.75, 3.05) is 0 Å². The Hall–Kier alpha value is -2.71. The summed E-state index contributed by atoms with van der Waals surface area (Å²) in [6.07, 6.45) is 13.4. The predicted molar refractivity (Wildman–Crippen MR) is 183 cm³/mol. The molecule has 6 atom stereocenters. The van der Waals surface area contributed by atoms with Crippen LogP contribution in [0.4, 0.5) is 14.4 Å². The van der Waals surface area contributed by atoms with Crippen LogP contribution < -0.4 is 0 Å². The molecule has 0 N–H and O–H groups in total. The Morgan fingerprint density at radius 3 is 1.70 bits per heavy atom. The fourth-order valence-electron chi connectivity index (χ4n) is 6.97. The molecule has 3 aliphatic heterocycles. The van der Waals surface area contributed by atoms with Crippen LogP contribution in [0.1, 0.15) is 135 Å². The van der Waals surface area contributed by atoms with Crippen LogP contribution in [0.5, 0.6) is 0 Å². The molecule has 262 valence electrons. The maximum Gasteiger partial charge on any atom is 0.411 e. The molecular formula is C37H63N3O6. The average molecular weight is 646 g/mol. The smallest absolute Gasteiger partial charge is 0.411 e. The van der Waals surface area contributed by atoms with Gasteiger partial charge in [-0.05, 0) is 134 Å². The summed E-state index contributed by atoms with van der Waals surface area (Å²) in [7, 11) is 0. The minimum atomic E-state index is -0.609. The van der Waals surface area contributed by atoms with Gasteiger partial charge in [-0.25, -0.2) is 14.4 Å². The Morgan fingerprint density at radius 2 is 1.15 bits per heavy atom. The first kappa shape index (κ1) is 37.7. The summed E-state index contributed by atoms with van der Waals surface area (Å²) in [6.45, 7) is 25.5. The number of hydrogen-bond acceptors (Lipinski definition) is 6. The van der Waals surface area contributed by atoms with Crippen LogP contribution >= 0.6 is 0 Å². The van der Waals surface area contributed by atoms with Crippen LogP contribution in [-0.2, 0) is 14.2 Å². The molecule has 3 fully saturated rings. The summed E-state index contributed by atoms with van der Waals surface area (Å²) >= 11 is 0. The fourth-order valence-corrected chi connectivity index (χ4v) is 6.97. The van der Waals surface area contributed by atoms with Gasteiger partial charge in [0.15, 0.2) is 0 Å². The Balaban J connectivity index is 1.73. The van der Waals surface area contributed by atoms with Gasteiger partial charge in [-0.3, -0.25) is 14.7 Å². The summed E-state index contributed by atoms with van der Waals surface area (Å²) < 4.78 is 17.4. The van der Waals surface area contributed by atoms with Crippen molar-refractivity contribution in [3.8, 4) is 0 Å². The standard InChI is InChI=1S/C37H63N3O6/c1-25-24-30(38(26(25)2)31(41)44-34(3,4)5)19-15-17-28-21-20-27(39(28)32(42)45-35(6,7)8)16-14-18-29-22-23-37(12,13)40(29)33(43)46-36(9,10)11/h14-16,19,25-30H,17-18,20-24H2,1-13H3/b16-14+,19-15+/t25-,26-,27?,28-,29?,30?/m0/s1. The molecule has 0 aromatic heterocycles. The third-order valence-corrected chi connectivity index (χ3v) is 9.22. The van der Waals surface area contributed by atoms with Gasteiger partial charge in [0.05, 0.1) is 12.1 Å². The van der Waals surface area contributed by atoms with Gasteiger partial charge in [0, 0.05) is 23.7 Å². The van der Waals surface area contributed by atoms with E-state index >= 15 is 0 Å². The monoisotopic (exact) mass is 645 g/mol. The molecule has 3 aliphatic rings.